The summed E-state index contributed by atoms with van der Waals surface area (Å²) in [4.78, 5) is 11.7. The third-order valence-electron chi connectivity index (χ3n) is 3.38. The Hall–Kier alpha value is -1.06. The van der Waals surface area contributed by atoms with Crippen LogP contribution in [0, 0.1) is 0 Å². The van der Waals surface area contributed by atoms with E-state index in [1.807, 2.05) is 30.3 Å². The van der Waals surface area contributed by atoms with Gasteiger partial charge < -0.3 is 10.5 Å². The van der Waals surface area contributed by atoms with E-state index < -0.39 is 0 Å². The lowest BCUT2D eigenvalue weighted by molar-refractivity contribution is -0.144. The molecule has 0 radical (unpaired) electrons. The van der Waals surface area contributed by atoms with Crippen LogP contribution in [0.3, 0.4) is 0 Å². The predicted octanol–water partition coefficient (Wildman–Crippen LogP) is 4.40. The van der Waals surface area contributed by atoms with E-state index in [2.05, 4.69) is 6.92 Å². The molecule has 0 aliphatic rings. The average molecular weight is 314 g/mol. The molecule has 2 N–H and O–H groups in total. The maximum absolute atomic E-state index is 11.7. The van der Waals surface area contributed by atoms with Crippen molar-refractivity contribution in [1.29, 1.82) is 0 Å². The Morgan fingerprint density at radius 1 is 1.10 bits per heavy atom. The van der Waals surface area contributed by atoms with E-state index in [-0.39, 0.29) is 30.8 Å². The van der Waals surface area contributed by atoms with E-state index in [1.54, 1.807) is 0 Å². The zero-order valence-electron chi connectivity index (χ0n) is 12.9. The Labute approximate surface area is 134 Å². The number of unbranched alkanes of at least 4 members (excludes halogenated alkanes) is 5. The Morgan fingerprint density at radius 2 is 1.71 bits per heavy atom. The first-order valence-electron chi connectivity index (χ1n) is 7.70. The van der Waals surface area contributed by atoms with Crippen molar-refractivity contribution in [2.75, 3.05) is 6.61 Å². The zero-order chi connectivity index (χ0) is 14.6. The van der Waals surface area contributed by atoms with Gasteiger partial charge in [-0.2, -0.15) is 0 Å². The van der Waals surface area contributed by atoms with Crippen molar-refractivity contribution in [3.8, 4) is 0 Å². The molecule has 0 aliphatic heterocycles. The minimum Gasteiger partial charge on any atom is -0.466 e. The molecular formula is C17H28ClNO2. The van der Waals surface area contributed by atoms with Crippen LogP contribution in [-0.4, -0.2) is 12.6 Å². The standard InChI is InChI=1S/C17H27NO2.ClH/c1-2-3-4-5-6-10-13-20-17(19)14-16(18)15-11-8-7-9-12-15;/h7-9,11-12,16H,2-6,10,13-14,18H2,1H3;1H. The Kier molecular flexibility index (Phi) is 12.0. The summed E-state index contributed by atoms with van der Waals surface area (Å²) in [5.41, 5.74) is 6.96. The van der Waals surface area contributed by atoms with Crippen LogP contribution in [0.25, 0.3) is 0 Å². The fourth-order valence-electron chi connectivity index (χ4n) is 2.12. The summed E-state index contributed by atoms with van der Waals surface area (Å²) >= 11 is 0. The second-order valence-corrected chi connectivity index (χ2v) is 5.21. The van der Waals surface area contributed by atoms with Crippen LogP contribution in [-0.2, 0) is 9.53 Å². The zero-order valence-corrected chi connectivity index (χ0v) is 13.7. The SMILES string of the molecule is CCCCCCCCOC(=O)CC(N)c1ccccc1.Cl. The van der Waals surface area contributed by atoms with Gasteiger partial charge in [-0.15, -0.1) is 12.4 Å². The highest BCUT2D eigenvalue weighted by atomic mass is 35.5. The summed E-state index contributed by atoms with van der Waals surface area (Å²) in [5.74, 6) is -0.199. The van der Waals surface area contributed by atoms with Gasteiger partial charge in [-0.3, -0.25) is 4.79 Å². The van der Waals surface area contributed by atoms with Crippen LogP contribution in [0.1, 0.15) is 63.5 Å². The van der Waals surface area contributed by atoms with Crippen molar-refractivity contribution < 1.29 is 9.53 Å². The molecular weight excluding hydrogens is 286 g/mol. The summed E-state index contributed by atoms with van der Waals surface area (Å²) in [5, 5.41) is 0. The molecule has 0 fully saturated rings. The van der Waals surface area contributed by atoms with Gasteiger partial charge in [0.15, 0.2) is 0 Å². The molecule has 0 bridgehead atoms. The summed E-state index contributed by atoms with van der Waals surface area (Å²) in [6.07, 6.45) is 7.41. The number of carbonyl (C=O) groups is 1. The van der Waals surface area contributed by atoms with Crippen molar-refractivity contribution >= 4 is 18.4 Å². The van der Waals surface area contributed by atoms with E-state index in [0.29, 0.717) is 6.61 Å². The number of benzene rings is 1. The molecule has 120 valence electrons. The largest absolute Gasteiger partial charge is 0.466 e. The van der Waals surface area contributed by atoms with Crippen LogP contribution >= 0.6 is 12.4 Å². The van der Waals surface area contributed by atoms with Gasteiger partial charge in [-0.05, 0) is 12.0 Å². The van der Waals surface area contributed by atoms with E-state index in [1.165, 1.54) is 25.7 Å². The molecule has 1 unspecified atom stereocenters. The van der Waals surface area contributed by atoms with Crippen molar-refractivity contribution in [1.82, 2.24) is 0 Å². The van der Waals surface area contributed by atoms with Crippen molar-refractivity contribution in [2.45, 2.75) is 57.9 Å². The van der Waals surface area contributed by atoms with Crippen molar-refractivity contribution in [2.24, 2.45) is 5.73 Å². The molecule has 0 spiro atoms. The van der Waals surface area contributed by atoms with Gasteiger partial charge in [0.1, 0.15) is 0 Å². The molecule has 1 atom stereocenters. The second kappa shape index (κ2) is 12.7. The molecule has 21 heavy (non-hydrogen) atoms. The number of halogens is 1. The number of esters is 1. The molecule has 3 nitrogen and oxygen atoms in total. The fourth-order valence-corrected chi connectivity index (χ4v) is 2.12. The van der Waals surface area contributed by atoms with E-state index >= 15 is 0 Å². The quantitative estimate of drug-likeness (QED) is 0.514. The van der Waals surface area contributed by atoms with Crippen LogP contribution in [0.5, 0.6) is 0 Å². The average Bonchev–Trinajstić information content (AvgIpc) is 2.47. The lowest BCUT2D eigenvalue weighted by Crippen LogP contribution is -2.17. The van der Waals surface area contributed by atoms with Crippen LogP contribution in [0.2, 0.25) is 0 Å². The fraction of sp³-hybridized carbons (Fsp3) is 0.588. The number of hydrogen-bond donors (Lipinski definition) is 1. The van der Waals surface area contributed by atoms with Crippen LogP contribution in [0.4, 0.5) is 0 Å². The highest BCUT2D eigenvalue weighted by molar-refractivity contribution is 5.85. The first kappa shape index (κ1) is 19.9. The normalized spacial score (nSPS) is 11.5. The number of hydrogen-bond acceptors (Lipinski definition) is 3. The van der Waals surface area contributed by atoms with Gasteiger partial charge in [0.05, 0.1) is 13.0 Å². The van der Waals surface area contributed by atoms with Gasteiger partial charge in [-0.25, -0.2) is 0 Å². The molecule has 0 saturated heterocycles. The van der Waals surface area contributed by atoms with Gasteiger partial charge in [0, 0.05) is 6.04 Å². The van der Waals surface area contributed by atoms with Gasteiger partial charge in [-0.1, -0.05) is 69.4 Å². The molecule has 4 heteroatoms. The summed E-state index contributed by atoms with van der Waals surface area (Å²) in [7, 11) is 0. The van der Waals surface area contributed by atoms with E-state index in [4.69, 9.17) is 10.5 Å². The third-order valence-corrected chi connectivity index (χ3v) is 3.38. The number of nitrogens with two attached hydrogens (primary N) is 1. The monoisotopic (exact) mass is 313 g/mol. The van der Waals surface area contributed by atoms with E-state index in [0.717, 1.165) is 18.4 Å². The van der Waals surface area contributed by atoms with Gasteiger partial charge in [0.2, 0.25) is 0 Å². The third kappa shape index (κ3) is 9.48. The first-order chi connectivity index (χ1) is 9.74. The molecule has 0 amide bonds. The molecule has 0 aromatic heterocycles. The Balaban J connectivity index is 0.00000400. The predicted molar refractivity (Wildman–Crippen MR) is 89.6 cm³/mol. The number of ether oxygens (including phenoxy) is 1. The first-order valence-corrected chi connectivity index (χ1v) is 7.70. The molecule has 0 heterocycles. The minimum atomic E-state index is -0.270. The lowest BCUT2D eigenvalue weighted by Gasteiger charge is -2.11. The van der Waals surface area contributed by atoms with Crippen molar-refractivity contribution in [3.05, 3.63) is 35.9 Å². The molecule has 1 rings (SSSR count). The molecule has 0 aliphatic carbocycles. The molecule has 1 aromatic rings. The summed E-state index contributed by atoms with van der Waals surface area (Å²) < 4.78 is 5.22. The lowest BCUT2D eigenvalue weighted by atomic mass is 10.1. The maximum Gasteiger partial charge on any atom is 0.307 e. The van der Waals surface area contributed by atoms with Gasteiger partial charge in [0.25, 0.3) is 0 Å². The Morgan fingerprint density at radius 3 is 2.38 bits per heavy atom. The maximum atomic E-state index is 11.7. The molecule has 0 saturated carbocycles. The molecule has 1 aromatic carbocycles. The van der Waals surface area contributed by atoms with Crippen molar-refractivity contribution in [3.63, 3.8) is 0 Å². The Bertz CT molecular complexity index is 370. The van der Waals surface area contributed by atoms with Gasteiger partial charge >= 0.3 is 5.97 Å². The minimum absolute atomic E-state index is 0. The topological polar surface area (TPSA) is 52.3 Å². The highest BCUT2D eigenvalue weighted by Gasteiger charge is 2.12. The summed E-state index contributed by atoms with van der Waals surface area (Å²) in [6, 6.07) is 9.39. The number of carbonyl (C=O) groups excluding carboxylic acids is 1. The summed E-state index contributed by atoms with van der Waals surface area (Å²) in [6.45, 7) is 2.73. The number of rotatable bonds is 10. The smallest absolute Gasteiger partial charge is 0.307 e. The second-order valence-electron chi connectivity index (χ2n) is 5.21. The highest BCUT2D eigenvalue weighted by Crippen LogP contribution is 2.14. The van der Waals surface area contributed by atoms with E-state index in [9.17, 15) is 4.79 Å². The van der Waals surface area contributed by atoms with Crippen LogP contribution < -0.4 is 5.73 Å². The van der Waals surface area contributed by atoms with Crippen LogP contribution in [0.15, 0.2) is 30.3 Å².